The number of anilines is 1. The van der Waals surface area contributed by atoms with Gasteiger partial charge in [0.2, 0.25) is 0 Å². The molecular formula is C12H15FN2O. The normalized spacial score (nSPS) is 15.6. The highest BCUT2D eigenvalue weighted by Gasteiger charge is 2.24. The fourth-order valence-corrected chi connectivity index (χ4v) is 1.99. The third-order valence-corrected chi connectivity index (χ3v) is 3.23. The molecule has 0 aliphatic heterocycles. The molecule has 1 saturated carbocycles. The zero-order valence-electron chi connectivity index (χ0n) is 9.22. The predicted octanol–water partition coefficient (Wildman–Crippen LogP) is 2.04. The van der Waals surface area contributed by atoms with E-state index in [9.17, 15) is 9.18 Å². The lowest BCUT2D eigenvalue weighted by molar-refractivity contribution is 0.0959. The van der Waals surface area contributed by atoms with Gasteiger partial charge in [-0.3, -0.25) is 4.79 Å². The number of benzene rings is 1. The fourth-order valence-electron chi connectivity index (χ4n) is 1.99. The molecule has 0 saturated heterocycles. The molecule has 1 aromatic rings. The zero-order chi connectivity index (χ0) is 11.7. The summed E-state index contributed by atoms with van der Waals surface area (Å²) < 4.78 is 13.8. The van der Waals surface area contributed by atoms with Crippen LogP contribution in [0.3, 0.4) is 0 Å². The minimum absolute atomic E-state index is 0.0167. The first-order valence-corrected chi connectivity index (χ1v) is 5.45. The average molecular weight is 222 g/mol. The van der Waals surface area contributed by atoms with Crippen LogP contribution in [-0.2, 0) is 0 Å². The van der Waals surface area contributed by atoms with E-state index < -0.39 is 11.7 Å². The predicted molar refractivity (Wildman–Crippen MR) is 60.8 cm³/mol. The SMILES string of the molecule is CNC(=O)c1ccc(C2CCC2)c(N)c1F. The Bertz CT molecular complexity index is 427. The number of hydrogen-bond donors (Lipinski definition) is 2. The molecular weight excluding hydrogens is 207 g/mol. The lowest BCUT2D eigenvalue weighted by Gasteiger charge is -2.27. The van der Waals surface area contributed by atoms with Gasteiger partial charge in [-0.25, -0.2) is 4.39 Å². The maximum absolute atomic E-state index is 13.8. The van der Waals surface area contributed by atoms with Crippen LogP contribution in [-0.4, -0.2) is 13.0 Å². The van der Waals surface area contributed by atoms with Crippen LogP contribution in [0.4, 0.5) is 10.1 Å². The van der Waals surface area contributed by atoms with Crippen LogP contribution in [0.2, 0.25) is 0 Å². The monoisotopic (exact) mass is 222 g/mol. The van der Waals surface area contributed by atoms with Crippen molar-refractivity contribution in [2.24, 2.45) is 0 Å². The first kappa shape index (κ1) is 10.9. The van der Waals surface area contributed by atoms with Gasteiger partial charge in [0, 0.05) is 7.05 Å². The molecule has 86 valence electrons. The Labute approximate surface area is 93.8 Å². The van der Waals surface area contributed by atoms with Gasteiger partial charge >= 0.3 is 0 Å². The van der Waals surface area contributed by atoms with E-state index in [2.05, 4.69) is 5.32 Å². The second kappa shape index (κ2) is 4.12. The number of carbonyl (C=O) groups is 1. The van der Waals surface area contributed by atoms with Gasteiger partial charge in [-0.05, 0) is 30.4 Å². The van der Waals surface area contributed by atoms with Crippen molar-refractivity contribution in [3.8, 4) is 0 Å². The number of nitrogens with two attached hydrogens (primary N) is 1. The summed E-state index contributed by atoms with van der Waals surface area (Å²) in [5, 5.41) is 2.39. The summed E-state index contributed by atoms with van der Waals surface area (Å²) in [5.41, 5.74) is 6.72. The highest BCUT2D eigenvalue weighted by molar-refractivity contribution is 5.95. The molecule has 1 aliphatic rings. The van der Waals surface area contributed by atoms with E-state index in [0.29, 0.717) is 5.92 Å². The second-order valence-electron chi connectivity index (χ2n) is 4.14. The third kappa shape index (κ3) is 1.64. The summed E-state index contributed by atoms with van der Waals surface area (Å²) in [6, 6.07) is 3.28. The van der Waals surface area contributed by atoms with Crippen molar-refractivity contribution in [3.05, 3.63) is 29.1 Å². The minimum atomic E-state index is -0.594. The average Bonchev–Trinajstić information content (AvgIpc) is 2.21. The van der Waals surface area contributed by atoms with Crippen LogP contribution in [0.15, 0.2) is 12.1 Å². The van der Waals surface area contributed by atoms with Crippen molar-refractivity contribution < 1.29 is 9.18 Å². The number of halogens is 1. The number of rotatable bonds is 2. The Morgan fingerprint density at radius 2 is 2.19 bits per heavy atom. The van der Waals surface area contributed by atoms with Crippen molar-refractivity contribution in [1.29, 1.82) is 0 Å². The van der Waals surface area contributed by atoms with Gasteiger partial charge in [-0.1, -0.05) is 12.5 Å². The molecule has 1 fully saturated rings. The Balaban J connectivity index is 2.39. The standard InChI is InChI=1S/C12H15FN2O/c1-15-12(16)9-6-5-8(7-3-2-4-7)11(14)10(9)13/h5-7H,2-4,14H2,1H3,(H,15,16). The number of nitrogens with one attached hydrogen (secondary N) is 1. The van der Waals surface area contributed by atoms with Gasteiger partial charge in [-0.2, -0.15) is 0 Å². The number of amides is 1. The van der Waals surface area contributed by atoms with Gasteiger partial charge in [0.1, 0.15) is 0 Å². The van der Waals surface area contributed by atoms with E-state index in [1.54, 1.807) is 6.07 Å². The van der Waals surface area contributed by atoms with E-state index in [-0.39, 0.29) is 11.3 Å². The molecule has 3 nitrogen and oxygen atoms in total. The quantitative estimate of drug-likeness (QED) is 0.752. The van der Waals surface area contributed by atoms with Gasteiger partial charge in [0.15, 0.2) is 5.82 Å². The molecule has 0 unspecified atom stereocenters. The highest BCUT2D eigenvalue weighted by atomic mass is 19.1. The van der Waals surface area contributed by atoms with Crippen LogP contribution in [0.5, 0.6) is 0 Å². The van der Waals surface area contributed by atoms with E-state index >= 15 is 0 Å². The summed E-state index contributed by atoms with van der Waals surface area (Å²) >= 11 is 0. The number of nitrogen functional groups attached to an aromatic ring is 1. The molecule has 0 radical (unpaired) electrons. The lowest BCUT2D eigenvalue weighted by Crippen LogP contribution is -2.21. The molecule has 0 aromatic heterocycles. The smallest absolute Gasteiger partial charge is 0.254 e. The van der Waals surface area contributed by atoms with Crippen molar-refractivity contribution in [3.63, 3.8) is 0 Å². The Kier molecular flexibility index (Phi) is 2.81. The molecule has 1 amide bonds. The van der Waals surface area contributed by atoms with E-state index in [1.165, 1.54) is 19.5 Å². The minimum Gasteiger partial charge on any atom is -0.396 e. The fraction of sp³-hybridized carbons (Fsp3) is 0.417. The van der Waals surface area contributed by atoms with Gasteiger partial charge in [0.05, 0.1) is 11.3 Å². The molecule has 16 heavy (non-hydrogen) atoms. The van der Waals surface area contributed by atoms with Crippen molar-refractivity contribution >= 4 is 11.6 Å². The topological polar surface area (TPSA) is 55.1 Å². The molecule has 0 spiro atoms. The van der Waals surface area contributed by atoms with Crippen LogP contribution < -0.4 is 11.1 Å². The molecule has 1 aliphatic carbocycles. The van der Waals surface area contributed by atoms with Crippen LogP contribution in [0, 0.1) is 5.82 Å². The Morgan fingerprint density at radius 1 is 1.50 bits per heavy atom. The maximum atomic E-state index is 13.8. The summed E-state index contributed by atoms with van der Waals surface area (Å²) in [4.78, 5) is 11.3. The summed E-state index contributed by atoms with van der Waals surface area (Å²) in [6.45, 7) is 0. The van der Waals surface area contributed by atoms with E-state index in [4.69, 9.17) is 5.73 Å². The Morgan fingerprint density at radius 3 is 2.69 bits per heavy atom. The van der Waals surface area contributed by atoms with Crippen LogP contribution in [0.1, 0.15) is 41.1 Å². The zero-order valence-corrected chi connectivity index (χ0v) is 9.22. The number of hydrogen-bond acceptors (Lipinski definition) is 2. The van der Waals surface area contributed by atoms with Gasteiger partial charge < -0.3 is 11.1 Å². The maximum Gasteiger partial charge on any atom is 0.254 e. The summed E-state index contributed by atoms with van der Waals surface area (Å²) in [7, 11) is 1.47. The number of carbonyl (C=O) groups excluding carboxylic acids is 1. The van der Waals surface area contributed by atoms with E-state index in [1.807, 2.05) is 0 Å². The van der Waals surface area contributed by atoms with Crippen molar-refractivity contribution in [2.45, 2.75) is 25.2 Å². The van der Waals surface area contributed by atoms with Crippen LogP contribution >= 0.6 is 0 Å². The van der Waals surface area contributed by atoms with Crippen molar-refractivity contribution in [2.75, 3.05) is 12.8 Å². The van der Waals surface area contributed by atoms with Gasteiger partial charge in [0.25, 0.3) is 5.91 Å². The van der Waals surface area contributed by atoms with Crippen molar-refractivity contribution in [1.82, 2.24) is 5.32 Å². The largest absolute Gasteiger partial charge is 0.396 e. The van der Waals surface area contributed by atoms with Gasteiger partial charge in [-0.15, -0.1) is 0 Å². The molecule has 3 N–H and O–H groups in total. The lowest BCUT2D eigenvalue weighted by atomic mass is 9.79. The molecule has 4 heteroatoms. The summed E-state index contributed by atoms with van der Waals surface area (Å²) in [6.07, 6.45) is 3.29. The highest BCUT2D eigenvalue weighted by Crippen LogP contribution is 2.40. The molecule has 0 bridgehead atoms. The molecule has 2 rings (SSSR count). The second-order valence-corrected chi connectivity index (χ2v) is 4.14. The summed E-state index contributed by atoms with van der Waals surface area (Å²) in [5.74, 6) is -0.665. The Hall–Kier alpha value is -1.58. The molecule has 1 aromatic carbocycles. The molecule has 0 atom stereocenters. The first-order chi connectivity index (χ1) is 7.65. The van der Waals surface area contributed by atoms with E-state index in [0.717, 1.165) is 18.4 Å². The first-order valence-electron chi connectivity index (χ1n) is 5.45. The van der Waals surface area contributed by atoms with Crippen LogP contribution in [0.25, 0.3) is 0 Å². The molecule has 0 heterocycles. The third-order valence-electron chi connectivity index (χ3n) is 3.23.